The summed E-state index contributed by atoms with van der Waals surface area (Å²) in [6.45, 7) is 3.89. The van der Waals surface area contributed by atoms with Gasteiger partial charge in [0.25, 0.3) is 0 Å². The number of rotatable bonds is 3. The zero-order valence-electron chi connectivity index (χ0n) is 8.12. The minimum Gasteiger partial charge on any atom is -0.480 e. The average molecular weight is 229 g/mol. The first-order valence-electron chi connectivity index (χ1n) is 3.80. The second kappa shape index (κ2) is 10.7. The Hall–Kier alpha value is -0.335. The van der Waals surface area contributed by atoms with E-state index in [1.165, 1.54) is 0 Å². The van der Waals surface area contributed by atoms with Crippen molar-refractivity contribution >= 4 is 25.7 Å². The molecular formula is C6H17BClNO5. The summed E-state index contributed by atoms with van der Waals surface area (Å²) in [5.41, 5.74) is 5.22. The molecule has 0 rings (SSSR count). The van der Waals surface area contributed by atoms with Gasteiger partial charge >= 0.3 is 13.3 Å². The van der Waals surface area contributed by atoms with Crippen LogP contribution in [0.15, 0.2) is 0 Å². The van der Waals surface area contributed by atoms with Crippen LogP contribution in [0.25, 0.3) is 0 Å². The van der Waals surface area contributed by atoms with E-state index in [4.69, 9.17) is 25.9 Å². The lowest BCUT2D eigenvalue weighted by Crippen LogP contribution is -2.31. The summed E-state index contributed by atoms with van der Waals surface area (Å²) < 4.78 is 0. The van der Waals surface area contributed by atoms with Gasteiger partial charge in [-0.3, -0.25) is 4.79 Å². The first-order chi connectivity index (χ1) is 5.77. The number of aliphatic carboxylic acids is 1. The van der Waals surface area contributed by atoms with Crippen molar-refractivity contribution in [2.45, 2.75) is 26.3 Å². The summed E-state index contributed by atoms with van der Waals surface area (Å²) in [5, 5.41) is 29.8. The van der Waals surface area contributed by atoms with Crippen molar-refractivity contribution in [3.63, 3.8) is 0 Å². The number of halogens is 1. The molecule has 0 aromatic rings. The number of carboxylic acid groups (broad SMARTS) is 1. The normalized spacial score (nSPS) is 10.8. The molecule has 0 saturated heterocycles. The van der Waals surface area contributed by atoms with Gasteiger partial charge in [0, 0.05) is 0 Å². The number of nitrogens with two attached hydrogens (primary N) is 1. The van der Waals surface area contributed by atoms with E-state index in [0.717, 1.165) is 0 Å². The summed E-state index contributed by atoms with van der Waals surface area (Å²) in [5.74, 6) is -0.556. The summed E-state index contributed by atoms with van der Waals surface area (Å²) in [6.07, 6.45) is 0.551. The summed E-state index contributed by atoms with van der Waals surface area (Å²) in [7, 11) is -2.17. The Morgan fingerprint density at radius 2 is 1.64 bits per heavy atom. The largest absolute Gasteiger partial charge is 0.631 e. The summed E-state index contributed by atoms with van der Waals surface area (Å²) >= 11 is 0. The lowest BCUT2D eigenvalue weighted by molar-refractivity contribution is -0.138. The topological polar surface area (TPSA) is 124 Å². The maximum Gasteiger partial charge on any atom is 0.631 e. The van der Waals surface area contributed by atoms with Gasteiger partial charge in [-0.2, -0.15) is 0 Å². The Morgan fingerprint density at radius 1 is 1.36 bits per heavy atom. The lowest BCUT2D eigenvalue weighted by Gasteiger charge is -2.07. The Bertz CT molecular complexity index is 143. The van der Waals surface area contributed by atoms with Gasteiger partial charge in [-0.15, -0.1) is 12.4 Å². The fourth-order valence-corrected chi connectivity index (χ4v) is 0.609. The monoisotopic (exact) mass is 229 g/mol. The van der Waals surface area contributed by atoms with E-state index in [1.54, 1.807) is 0 Å². The SMILES string of the molecule is CC(C)C[C@H](N)C(=O)O.Cl.OB(O)O. The molecule has 8 heteroatoms. The standard InChI is InChI=1S/C6H13NO2.BH3O3.ClH/c1-4(2)3-5(7)6(8)9;2-1(3)4;/h4-5H,3,7H2,1-2H3,(H,8,9);2-4H;1H/t5-;;/m0../s1. The maximum atomic E-state index is 10.1. The summed E-state index contributed by atoms with van der Waals surface area (Å²) in [6, 6.07) is -0.690. The van der Waals surface area contributed by atoms with Gasteiger partial charge < -0.3 is 25.9 Å². The van der Waals surface area contributed by atoms with Crippen LogP contribution in [0.4, 0.5) is 0 Å². The van der Waals surface area contributed by atoms with Crippen LogP contribution in [0.1, 0.15) is 20.3 Å². The molecule has 0 aliphatic heterocycles. The molecule has 0 saturated carbocycles. The van der Waals surface area contributed by atoms with Crippen LogP contribution in [0.5, 0.6) is 0 Å². The average Bonchev–Trinajstić information content (AvgIpc) is 1.83. The molecular weight excluding hydrogens is 212 g/mol. The highest BCUT2D eigenvalue weighted by molar-refractivity contribution is 6.30. The first-order valence-corrected chi connectivity index (χ1v) is 3.80. The van der Waals surface area contributed by atoms with Crippen LogP contribution < -0.4 is 5.73 Å². The molecule has 14 heavy (non-hydrogen) atoms. The first kappa shape index (κ1) is 19.3. The maximum absolute atomic E-state index is 10.1. The quantitative estimate of drug-likeness (QED) is 0.388. The smallest absolute Gasteiger partial charge is 0.480 e. The van der Waals surface area contributed by atoms with Crippen molar-refractivity contribution in [2.75, 3.05) is 0 Å². The number of carboxylic acids is 1. The molecule has 0 aromatic heterocycles. The number of hydrogen-bond donors (Lipinski definition) is 5. The van der Waals surface area contributed by atoms with Gasteiger partial charge in [0.1, 0.15) is 6.04 Å². The molecule has 0 fully saturated rings. The highest BCUT2D eigenvalue weighted by Gasteiger charge is 2.11. The van der Waals surface area contributed by atoms with Gasteiger partial charge in [0.2, 0.25) is 0 Å². The zero-order chi connectivity index (χ0) is 11.0. The van der Waals surface area contributed by atoms with Gasteiger partial charge in [-0.1, -0.05) is 13.8 Å². The van der Waals surface area contributed by atoms with Gasteiger partial charge in [-0.05, 0) is 12.3 Å². The highest BCUT2D eigenvalue weighted by atomic mass is 35.5. The van der Waals surface area contributed by atoms with E-state index < -0.39 is 19.3 Å². The number of carbonyl (C=O) groups is 1. The molecule has 1 atom stereocenters. The van der Waals surface area contributed by atoms with Crippen LogP contribution in [0.2, 0.25) is 0 Å². The Labute approximate surface area is 89.3 Å². The third kappa shape index (κ3) is 22.6. The van der Waals surface area contributed by atoms with Crippen LogP contribution >= 0.6 is 12.4 Å². The van der Waals surface area contributed by atoms with Crippen LogP contribution in [-0.2, 0) is 4.79 Å². The van der Waals surface area contributed by atoms with Crippen molar-refractivity contribution in [1.82, 2.24) is 0 Å². The second-order valence-corrected chi connectivity index (χ2v) is 2.92. The molecule has 0 aromatic carbocycles. The molecule has 0 heterocycles. The van der Waals surface area contributed by atoms with E-state index >= 15 is 0 Å². The molecule has 0 amide bonds. The van der Waals surface area contributed by atoms with Gasteiger partial charge in [-0.25, -0.2) is 0 Å². The molecule has 0 aliphatic carbocycles. The van der Waals surface area contributed by atoms with Crippen molar-refractivity contribution in [2.24, 2.45) is 11.7 Å². The van der Waals surface area contributed by atoms with Crippen molar-refractivity contribution < 1.29 is 25.0 Å². The van der Waals surface area contributed by atoms with E-state index in [-0.39, 0.29) is 12.4 Å². The van der Waals surface area contributed by atoms with Crippen molar-refractivity contribution in [1.29, 1.82) is 0 Å². The van der Waals surface area contributed by atoms with E-state index in [0.29, 0.717) is 12.3 Å². The van der Waals surface area contributed by atoms with Gasteiger partial charge in [0.05, 0.1) is 0 Å². The second-order valence-electron chi connectivity index (χ2n) is 2.92. The molecule has 0 radical (unpaired) electrons. The Balaban J connectivity index is -0.000000209. The molecule has 86 valence electrons. The van der Waals surface area contributed by atoms with Crippen LogP contribution in [-0.4, -0.2) is 39.5 Å². The third-order valence-electron chi connectivity index (χ3n) is 1.04. The molecule has 0 aliphatic rings. The van der Waals surface area contributed by atoms with Gasteiger partial charge in [0.15, 0.2) is 0 Å². The van der Waals surface area contributed by atoms with E-state index in [2.05, 4.69) is 0 Å². The zero-order valence-corrected chi connectivity index (χ0v) is 8.94. The molecule has 0 spiro atoms. The van der Waals surface area contributed by atoms with E-state index in [9.17, 15) is 4.79 Å². The third-order valence-corrected chi connectivity index (χ3v) is 1.04. The Morgan fingerprint density at radius 3 is 1.71 bits per heavy atom. The molecule has 0 unspecified atom stereocenters. The Kier molecular flexibility index (Phi) is 14.8. The van der Waals surface area contributed by atoms with E-state index in [1.807, 2.05) is 13.8 Å². The highest BCUT2D eigenvalue weighted by Crippen LogP contribution is 2.01. The minimum absolute atomic E-state index is 0. The lowest BCUT2D eigenvalue weighted by atomic mass is 10.1. The van der Waals surface area contributed by atoms with Crippen molar-refractivity contribution in [3.05, 3.63) is 0 Å². The summed E-state index contributed by atoms with van der Waals surface area (Å²) in [4.78, 5) is 10.1. The molecule has 6 nitrogen and oxygen atoms in total. The van der Waals surface area contributed by atoms with Crippen LogP contribution in [0, 0.1) is 5.92 Å². The molecule has 0 bridgehead atoms. The van der Waals surface area contributed by atoms with Crippen molar-refractivity contribution in [3.8, 4) is 0 Å². The fourth-order valence-electron chi connectivity index (χ4n) is 0.609. The number of hydrogen-bond acceptors (Lipinski definition) is 5. The predicted molar refractivity (Wildman–Crippen MR) is 54.7 cm³/mol. The predicted octanol–water partition coefficient (Wildman–Crippen LogP) is -1.19. The minimum atomic E-state index is -2.17. The molecule has 6 N–H and O–H groups in total. The fraction of sp³-hybridized carbons (Fsp3) is 0.833. The van der Waals surface area contributed by atoms with Crippen LogP contribution in [0.3, 0.4) is 0 Å².